The molecule has 0 saturated heterocycles. The zero-order chi connectivity index (χ0) is 19.4. The van der Waals surface area contributed by atoms with E-state index >= 15 is 0 Å². The summed E-state index contributed by atoms with van der Waals surface area (Å²) in [7, 11) is 0. The Morgan fingerprint density at radius 3 is 2.56 bits per heavy atom. The molecule has 2 heterocycles. The van der Waals surface area contributed by atoms with Gasteiger partial charge in [-0.25, -0.2) is 14.6 Å². The number of nitrogens with zero attached hydrogens (tertiary/aromatic N) is 4. The van der Waals surface area contributed by atoms with Crippen molar-refractivity contribution >= 4 is 23.5 Å². The van der Waals surface area contributed by atoms with Crippen LogP contribution in [0.4, 0.5) is 5.82 Å². The summed E-state index contributed by atoms with van der Waals surface area (Å²) in [5.74, 6) is 0.589. The summed E-state index contributed by atoms with van der Waals surface area (Å²) in [5.41, 5.74) is 2.76. The molecule has 6 nitrogen and oxygen atoms in total. The van der Waals surface area contributed by atoms with E-state index in [0.29, 0.717) is 11.0 Å². The highest BCUT2D eigenvalue weighted by molar-refractivity contribution is 8.00. The normalized spacial score (nSPS) is 12.2. The first-order valence-electron chi connectivity index (χ1n) is 8.86. The summed E-state index contributed by atoms with van der Waals surface area (Å²) in [6.45, 7) is 7.83. The summed E-state index contributed by atoms with van der Waals surface area (Å²) < 4.78 is 1.78. The van der Waals surface area contributed by atoms with E-state index in [4.69, 9.17) is 0 Å². The van der Waals surface area contributed by atoms with Crippen molar-refractivity contribution in [3.63, 3.8) is 0 Å². The molecule has 27 heavy (non-hydrogen) atoms. The highest BCUT2D eigenvalue weighted by atomic mass is 32.2. The number of benzene rings is 1. The summed E-state index contributed by atoms with van der Waals surface area (Å²) in [6.07, 6.45) is 1.68. The van der Waals surface area contributed by atoms with Crippen LogP contribution in [0.15, 0.2) is 53.8 Å². The standard InChI is InChI=1S/C20H23N5OS/c1-13(2)25-18(10-11-21-25)24-19(26)15(4)27-20-22-14(3)12-17(23-20)16-8-6-5-7-9-16/h5-13,15H,1-4H3,(H,24,26)/t15-/m0/s1. The molecular formula is C20H23N5OS. The Kier molecular flexibility index (Phi) is 5.91. The van der Waals surface area contributed by atoms with Gasteiger partial charge in [-0.05, 0) is 33.8 Å². The molecule has 7 heteroatoms. The number of hydrogen-bond acceptors (Lipinski definition) is 5. The minimum Gasteiger partial charge on any atom is -0.310 e. The zero-order valence-electron chi connectivity index (χ0n) is 15.9. The van der Waals surface area contributed by atoms with Gasteiger partial charge in [0.2, 0.25) is 5.91 Å². The van der Waals surface area contributed by atoms with Crippen LogP contribution in [0.25, 0.3) is 11.3 Å². The lowest BCUT2D eigenvalue weighted by Gasteiger charge is -2.15. The van der Waals surface area contributed by atoms with Crippen LogP contribution in [0, 0.1) is 6.92 Å². The number of amides is 1. The average molecular weight is 382 g/mol. The van der Waals surface area contributed by atoms with Gasteiger partial charge in [-0.2, -0.15) is 5.10 Å². The maximum Gasteiger partial charge on any atom is 0.238 e. The first-order chi connectivity index (χ1) is 12.9. The fraction of sp³-hybridized carbons (Fsp3) is 0.300. The third-order valence-corrected chi connectivity index (χ3v) is 4.93. The minimum atomic E-state index is -0.342. The van der Waals surface area contributed by atoms with Crippen LogP contribution in [0.5, 0.6) is 0 Å². The van der Waals surface area contributed by atoms with Crippen molar-refractivity contribution < 1.29 is 4.79 Å². The molecule has 3 rings (SSSR count). The van der Waals surface area contributed by atoms with Gasteiger partial charge in [0, 0.05) is 23.4 Å². The minimum absolute atomic E-state index is 0.103. The van der Waals surface area contributed by atoms with Gasteiger partial charge in [0.15, 0.2) is 5.16 Å². The fourth-order valence-electron chi connectivity index (χ4n) is 2.62. The van der Waals surface area contributed by atoms with Crippen LogP contribution in [0.3, 0.4) is 0 Å². The molecule has 1 aromatic carbocycles. The molecule has 0 aliphatic heterocycles. The number of thioether (sulfide) groups is 1. The molecule has 2 aromatic heterocycles. The Morgan fingerprint density at radius 2 is 1.85 bits per heavy atom. The summed E-state index contributed by atoms with van der Waals surface area (Å²) in [6, 6.07) is 13.9. The summed E-state index contributed by atoms with van der Waals surface area (Å²) >= 11 is 1.35. The van der Waals surface area contributed by atoms with Crippen LogP contribution >= 0.6 is 11.8 Å². The van der Waals surface area contributed by atoms with Crippen LogP contribution < -0.4 is 5.32 Å². The molecule has 1 atom stereocenters. The van der Waals surface area contributed by atoms with Gasteiger partial charge < -0.3 is 5.32 Å². The Bertz CT molecular complexity index is 923. The predicted molar refractivity (Wildman–Crippen MR) is 109 cm³/mol. The molecule has 1 amide bonds. The number of anilines is 1. The van der Waals surface area contributed by atoms with Crippen molar-refractivity contribution in [2.45, 2.75) is 44.1 Å². The Balaban J connectivity index is 1.73. The van der Waals surface area contributed by atoms with E-state index in [-0.39, 0.29) is 17.2 Å². The van der Waals surface area contributed by atoms with Crippen molar-refractivity contribution in [1.82, 2.24) is 19.7 Å². The molecule has 0 saturated carbocycles. The zero-order valence-corrected chi connectivity index (χ0v) is 16.7. The third kappa shape index (κ3) is 4.74. The first kappa shape index (κ1) is 19.1. The second-order valence-corrected chi connectivity index (χ2v) is 7.86. The summed E-state index contributed by atoms with van der Waals surface area (Å²) in [5, 5.41) is 7.43. The first-order valence-corrected chi connectivity index (χ1v) is 9.74. The number of carbonyl (C=O) groups is 1. The monoisotopic (exact) mass is 381 g/mol. The Labute approximate surface area is 163 Å². The average Bonchev–Trinajstić information content (AvgIpc) is 3.10. The van der Waals surface area contributed by atoms with Crippen molar-refractivity contribution in [3.8, 4) is 11.3 Å². The lowest BCUT2D eigenvalue weighted by Crippen LogP contribution is -2.24. The molecule has 0 radical (unpaired) electrons. The van der Waals surface area contributed by atoms with Crippen LogP contribution in [-0.2, 0) is 4.79 Å². The third-order valence-electron chi connectivity index (χ3n) is 3.97. The van der Waals surface area contributed by atoms with Crippen LogP contribution in [0.2, 0.25) is 0 Å². The van der Waals surface area contributed by atoms with E-state index in [1.165, 1.54) is 11.8 Å². The number of nitrogens with one attached hydrogen (secondary N) is 1. The van der Waals surface area contributed by atoms with Gasteiger partial charge in [0.1, 0.15) is 5.82 Å². The van der Waals surface area contributed by atoms with Crippen molar-refractivity contribution in [3.05, 3.63) is 54.4 Å². The highest BCUT2D eigenvalue weighted by Gasteiger charge is 2.19. The van der Waals surface area contributed by atoms with E-state index < -0.39 is 0 Å². The van der Waals surface area contributed by atoms with Crippen molar-refractivity contribution in [2.75, 3.05) is 5.32 Å². The second-order valence-electron chi connectivity index (χ2n) is 6.55. The Morgan fingerprint density at radius 1 is 1.11 bits per heavy atom. The van der Waals surface area contributed by atoms with Gasteiger partial charge in [-0.15, -0.1) is 0 Å². The quantitative estimate of drug-likeness (QED) is 0.508. The van der Waals surface area contributed by atoms with Gasteiger partial charge in [-0.1, -0.05) is 42.1 Å². The van der Waals surface area contributed by atoms with Crippen LogP contribution in [-0.4, -0.2) is 30.9 Å². The number of aryl methyl sites for hydroxylation is 1. The van der Waals surface area contributed by atoms with E-state index in [1.807, 2.05) is 64.1 Å². The lowest BCUT2D eigenvalue weighted by atomic mass is 10.1. The van der Waals surface area contributed by atoms with Crippen molar-refractivity contribution in [2.24, 2.45) is 0 Å². The second kappa shape index (κ2) is 8.35. The largest absolute Gasteiger partial charge is 0.310 e. The molecule has 140 valence electrons. The van der Waals surface area contributed by atoms with Crippen molar-refractivity contribution in [1.29, 1.82) is 0 Å². The molecule has 0 unspecified atom stereocenters. The molecule has 0 aliphatic carbocycles. The maximum atomic E-state index is 12.6. The molecule has 0 aliphatic rings. The highest BCUT2D eigenvalue weighted by Crippen LogP contribution is 2.25. The smallest absolute Gasteiger partial charge is 0.238 e. The van der Waals surface area contributed by atoms with Crippen LogP contribution in [0.1, 0.15) is 32.5 Å². The molecule has 3 aromatic rings. The molecule has 0 bridgehead atoms. The van der Waals surface area contributed by atoms with E-state index in [1.54, 1.807) is 16.9 Å². The molecule has 1 N–H and O–H groups in total. The molecule has 0 spiro atoms. The number of carbonyl (C=O) groups excluding carboxylic acids is 1. The molecular weight excluding hydrogens is 358 g/mol. The number of aromatic nitrogens is 4. The van der Waals surface area contributed by atoms with Gasteiger partial charge in [0.05, 0.1) is 17.1 Å². The number of hydrogen-bond donors (Lipinski definition) is 1. The van der Waals surface area contributed by atoms with Gasteiger partial charge >= 0.3 is 0 Å². The Hall–Kier alpha value is -2.67. The fourth-order valence-corrected chi connectivity index (χ4v) is 3.45. The van der Waals surface area contributed by atoms with Gasteiger partial charge in [-0.3, -0.25) is 4.79 Å². The maximum absolute atomic E-state index is 12.6. The summed E-state index contributed by atoms with van der Waals surface area (Å²) in [4.78, 5) is 21.7. The topological polar surface area (TPSA) is 72.7 Å². The van der Waals surface area contributed by atoms with E-state index in [2.05, 4.69) is 20.4 Å². The SMILES string of the molecule is Cc1cc(-c2ccccc2)nc(S[C@@H](C)C(=O)Nc2ccnn2C(C)C)n1. The molecule has 0 fully saturated rings. The number of rotatable bonds is 6. The van der Waals surface area contributed by atoms with Gasteiger partial charge in [0.25, 0.3) is 0 Å². The predicted octanol–water partition coefficient (Wildman–Crippen LogP) is 4.35. The van der Waals surface area contributed by atoms with E-state index in [0.717, 1.165) is 17.0 Å². The lowest BCUT2D eigenvalue weighted by molar-refractivity contribution is -0.115. The van der Waals surface area contributed by atoms with E-state index in [9.17, 15) is 4.79 Å².